The first-order valence-electron chi connectivity index (χ1n) is 15.7. The van der Waals surface area contributed by atoms with Crippen molar-refractivity contribution in [1.82, 2.24) is 15.4 Å². The van der Waals surface area contributed by atoms with Gasteiger partial charge in [-0.25, -0.2) is 8.93 Å². The standard InChI is InChI=1S/C35H45N3O4S/c1-23(22-36-43(42)29-18-16-26(17-19-29)34(40)37-28-13-7-8-14-28)20-31(24(2)25-10-4-3-5-11-25)35(41)38-33-30-15-9-6-12-27(30)21-32(33)39/h3-6,9-12,15-16,18-19,23-24,26,28,31-33,36,39H,7-8,13-14,17,20-22H2,1-2H3,(H,37,40)(H,38,41). The Labute approximate surface area is 258 Å². The second-order valence-electron chi connectivity index (χ2n) is 12.5. The van der Waals surface area contributed by atoms with Crippen molar-refractivity contribution in [3.63, 3.8) is 0 Å². The Bertz CT molecular complexity index is 1350. The maximum absolute atomic E-state index is 13.8. The van der Waals surface area contributed by atoms with Crippen molar-refractivity contribution in [2.75, 3.05) is 6.54 Å². The molecule has 3 aliphatic rings. The number of aliphatic hydroxyl groups excluding tert-OH is 1. The molecule has 3 aliphatic carbocycles. The first-order chi connectivity index (χ1) is 20.8. The summed E-state index contributed by atoms with van der Waals surface area (Å²) < 4.78 is 16.2. The second-order valence-corrected chi connectivity index (χ2v) is 13.8. The van der Waals surface area contributed by atoms with Gasteiger partial charge in [0.25, 0.3) is 0 Å². The van der Waals surface area contributed by atoms with E-state index in [-0.39, 0.29) is 41.5 Å². The Morgan fingerprint density at radius 3 is 2.44 bits per heavy atom. The highest BCUT2D eigenvalue weighted by atomic mass is 32.2. The van der Waals surface area contributed by atoms with Crippen LogP contribution in [-0.2, 0) is 27.0 Å². The van der Waals surface area contributed by atoms with Crippen LogP contribution >= 0.6 is 0 Å². The van der Waals surface area contributed by atoms with Gasteiger partial charge in [0, 0.05) is 29.8 Å². The topological polar surface area (TPSA) is 108 Å². The van der Waals surface area contributed by atoms with E-state index in [9.17, 15) is 18.9 Å². The number of allylic oxidation sites excluding steroid dienone is 2. The lowest BCUT2D eigenvalue weighted by atomic mass is 9.81. The van der Waals surface area contributed by atoms with E-state index >= 15 is 0 Å². The highest BCUT2D eigenvalue weighted by Crippen LogP contribution is 2.34. The summed E-state index contributed by atoms with van der Waals surface area (Å²) in [6.45, 7) is 4.62. The van der Waals surface area contributed by atoms with E-state index in [4.69, 9.17) is 0 Å². The Morgan fingerprint density at radius 2 is 1.72 bits per heavy atom. The Morgan fingerprint density at radius 1 is 1.00 bits per heavy atom. The minimum absolute atomic E-state index is 0.0424. The highest BCUT2D eigenvalue weighted by molar-refractivity contribution is 7.87. The first-order valence-corrected chi connectivity index (χ1v) is 16.9. The predicted molar refractivity (Wildman–Crippen MR) is 171 cm³/mol. The number of fused-ring (bicyclic) bond motifs is 1. The van der Waals surface area contributed by atoms with Crippen LogP contribution in [0, 0.1) is 17.8 Å². The predicted octanol–water partition coefficient (Wildman–Crippen LogP) is 4.98. The average molecular weight is 604 g/mol. The molecule has 7 nitrogen and oxygen atoms in total. The summed E-state index contributed by atoms with van der Waals surface area (Å²) in [7, 11) is -1.41. The zero-order valence-electron chi connectivity index (χ0n) is 25.2. The number of carbonyl (C=O) groups is 2. The van der Waals surface area contributed by atoms with Gasteiger partial charge in [0.1, 0.15) is 11.0 Å². The van der Waals surface area contributed by atoms with Crippen molar-refractivity contribution in [3.05, 3.63) is 94.4 Å². The van der Waals surface area contributed by atoms with Gasteiger partial charge >= 0.3 is 0 Å². The Balaban J connectivity index is 1.18. The molecule has 5 rings (SSSR count). The lowest BCUT2D eigenvalue weighted by Gasteiger charge is -2.29. The van der Waals surface area contributed by atoms with Crippen LogP contribution in [0.4, 0.5) is 0 Å². The molecule has 4 N–H and O–H groups in total. The third-order valence-corrected chi connectivity index (χ3v) is 10.5. The molecule has 230 valence electrons. The van der Waals surface area contributed by atoms with Gasteiger partial charge in [-0.1, -0.05) is 93.4 Å². The molecule has 2 amide bonds. The third kappa shape index (κ3) is 7.91. The molecular weight excluding hydrogens is 558 g/mol. The molecule has 0 aliphatic heterocycles. The molecule has 0 saturated heterocycles. The number of carbonyl (C=O) groups excluding carboxylic acids is 2. The summed E-state index contributed by atoms with van der Waals surface area (Å²) in [5.41, 5.74) is 3.13. The van der Waals surface area contributed by atoms with E-state index in [1.807, 2.05) is 66.7 Å². The smallest absolute Gasteiger partial charge is 0.227 e. The lowest BCUT2D eigenvalue weighted by molar-refractivity contribution is -0.128. The van der Waals surface area contributed by atoms with E-state index in [2.05, 4.69) is 29.2 Å². The summed E-state index contributed by atoms with van der Waals surface area (Å²) in [5.74, 6) is -0.560. The van der Waals surface area contributed by atoms with Crippen molar-refractivity contribution in [1.29, 1.82) is 0 Å². The minimum atomic E-state index is -1.41. The van der Waals surface area contributed by atoms with Crippen molar-refractivity contribution >= 4 is 22.8 Å². The molecule has 43 heavy (non-hydrogen) atoms. The zero-order valence-corrected chi connectivity index (χ0v) is 26.0. The van der Waals surface area contributed by atoms with E-state index in [1.54, 1.807) is 6.08 Å². The van der Waals surface area contributed by atoms with Gasteiger partial charge in [0.15, 0.2) is 0 Å². The molecule has 8 heteroatoms. The van der Waals surface area contributed by atoms with Crippen molar-refractivity contribution in [3.8, 4) is 0 Å². The van der Waals surface area contributed by atoms with Gasteiger partial charge in [-0.3, -0.25) is 9.59 Å². The number of rotatable bonds is 12. The van der Waals surface area contributed by atoms with E-state index in [1.165, 1.54) is 12.8 Å². The van der Waals surface area contributed by atoms with Gasteiger partial charge in [-0.15, -0.1) is 0 Å². The normalized spacial score (nSPS) is 24.4. The van der Waals surface area contributed by atoms with Crippen molar-refractivity contribution in [2.24, 2.45) is 17.8 Å². The molecule has 1 saturated carbocycles. The summed E-state index contributed by atoms with van der Waals surface area (Å²) in [6.07, 6.45) is 11.0. The van der Waals surface area contributed by atoms with Crippen LogP contribution in [0.2, 0.25) is 0 Å². The molecule has 0 bridgehead atoms. The molecule has 0 radical (unpaired) electrons. The van der Waals surface area contributed by atoms with Gasteiger partial charge in [-0.2, -0.15) is 0 Å². The quantitative estimate of drug-likeness (QED) is 0.275. The molecule has 0 aromatic heterocycles. The second kappa shape index (κ2) is 14.6. The van der Waals surface area contributed by atoms with Crippen LogP contribution in [0.5, 0.6) is 0 Å². The Kier molecular flexibility index (Phi) is 10.6. The summed E-state index contributed by atoms with van der Waals surface area (Å²) in [4.78, 5) is 27.1. The molecule has 0 spiro atoms. The summed E-state index contributed by atoms with van der Waals surface area (Å²) in [5, 5.41) is 17.1. The monoisotopic (exact) mass is 603 g/mol. The number of amides is 2. The van der Waals surface area contributed by atoms with Crippen LogP contribution in [0.25, 0.3) is 0 Å². The number of hydrogen-bond acceptors (Lipinski definition) is 4. The summed E-state index contributed by atoms with van der Waals surface area (Å²) in [6, 6.07) is 17.8. The van der Waals surface area contributed by atoms with Crippen molar-refractivity contribution in [2.45, 2.75) is 82.9 Å². The average Bonchev–Trinajstić information content (AvgIpc) is 3.65. The van der Waals surface area contributed by atoms with Crippen LogP contribution in [0.15, 0.2) is 77.7 Å². The molecule has 1 fully saturated rings. The lowest BCUT2D eigenvalue weighted by Crippen LogP contribution is -2.40. The van der Waals surface area contributed by atoms with E-state index < -0.39 is 23.1 Å². The molecule has 2 aromatic rings. The molecule has 7 unspecified atom stereocenters. The van der Waals surface area contributed by atoms with E-state index in [0.29, 0.717) is 30.7 Å². The largest absolute Gasteiger partial charge is 0.390 e. The van der Waals surface area contributed by atoms with Gasteiger partial charge in [-0.05, 0) is 60.3 Å². The van der Waals surface area contributed by atoms with Gasteiger partial charge in [0.05, 0.1) is 18.1 Å². The molecule has 0 heterocycles. The fraction of sp³-hybridized carbons (Fsp3) is 0.486. The summed E-state index contributed by atoms with van der Waals surface area (Å²) >= 11 is 0. The van der Waals surface area contributed by atoms with Crippen LogP contribution < -0.4 is 15.4 Å². The molecule has 7 atom stereocenters. The molecular formula is C35H45N3O4S. The maximum atomic E-state index is 13.8. The number of hydrogen-bond donors (Lipinski definition) is 4. The number of benzene rings is 2. The number of aliphatic hydroxyl groups is 1. The van der Waals surface area contributed by atoms with Crippen LogP contribution in [-0.4, -0.2) is 39.8 Å². The first kappa shape index (κ1) is 31.4. The highest BCUT2D eigenvalue weighted by Gasteiger charge is 2.35. The third-order valence-electron chi connectivity index (χ3n) is 9.30. The Hall–Kier alpha value is -3.07. The fourth-order valence-corrected chi connectivity index (χ4v) is 7.72. The van der Waals surface area contributed by atoms with Gasteiger partial charge < -0.3 is 15.7 Å². The minimum Gasteiger partial charge on any atom is -0.390 e. The van der Waals surface area contributed by atoms with Crippen molar-refractivity contribution < 1.29 is 18.9 Å². The van der Waals surface area contributed by atoms with Gasteiger partial charge in [0.2, 0.25) is 11.8 Å². The van der Waals surface area contributed by atoms with Crippen LogP contribution in [0.3, 0.4) is 0 Å². The zero-order chi connectivity index (χ0) is 30.3. The maximum Gasteiger partial charge on any atom is 0.227 e. The fourth-order valence-electron chi connectivity index (χ4n) is 6.66. The number of nitrogens with one attached hydrogen (secondary N) is 3. The molecule has 2 aromatic carbocycles. The van der Waals surface area contributed by atoms with Crippen LogP contribution in [0.1, 0.15) is 81.0 Å². The SMILES string of the molecule is CC(CNS(=O)C1=CCC(C(=O)NC2CCCC2)C=C1)CC(C(=O)NC1c2ccccc2CC1O)C(C)c1ccccc1. The van der Waals surface area contributed by atoms with E-state index in [0.717, 1.165) is 29.5 Å².